The fraction of sp³-hybridized carbons (Fsp3) is 0.750. The standard InChI is InChI=1S/C16H25NO3/c18-15(13-8-4-5-9-14(13)16(19)20)17-11-10-12-6-2-1-3-7-12/h6,13-14H,1-5,7-11H2,(H,17,18)(H,19,20)/t13-,14-/m1/s1. The van der Waals surface area contributed by atoms with Crippen molar-refractivity contribution in [1.29, 1.82) is 0 Å². The van der Waals surface area contributed by atoms with E-state index in [1.807, 2.05) is 0 Å². The summed E-state index contributed by atoms with van der Waals surface area (Å²) in [6.07, 6.45) is 11.3. The Kier molecular flexibility index (Phi) is 5.62. The van der Waals surface area contributed by atoms with Gasteiger partial charge in [-0.25, -0.2) is 0 Å². The Morgan fingerprint density at radius 3 is 2.55 bits per heavy atom. The number of carbonyl (C=O) groups excluding carboxylic acids is 1. The molecule has 1 fully saturated rings. The van der Waals surface area contributed by atoms with Gasteiger partial charge in [-0.05, 0) is 44.9 Å². The molecule has 112 valence electrons. The molecule has 0 radical (unpaired) electrons. The minimum absolute atomic E-state index is 0.0616. The van der Waals surface area contributed by atoms with Gasteiger partial charge in [0.1, 0.15) is 0 Å². The molecule has 2 rings (SSSR count). The summed E-state index contributed by atoms with van der Waals surface area (Å²) < 4.78 is 0. The van der Waals surface area contributed by atoms with Crippen LogP contribution in [0.15, 0.2) is 11.6 Å². The number of aliphatic carboxylic acids is 1. The second-order valence-electron chi connectivity index (χ2n) is 5.98. The maximum absolute atomic E-state index is 12.2. The van der Waals surface area contributed by atoms with Crippen molar-refractivity contribution in [3.8, 4) is 0 Å². The SMILES string of the molecule is O=C(O)[C@@H]1CCCC[C@H]1C(=O)NCCC1=CCCCC1. The third-order valence-electron chi connectivity index (χ3n) is 4.55. The van der Waals surface area contributed by atoms with Gasteiger partial charge < -0.3 is 10.4 Å². The number of rotatable bonds is 5. The molecule has 0 bridgehead atoms. The minimum Gasteiger partial charge on any atom is -0.481 e. The lowest BCUT2D eigenvalue weighted by atomic mass is 9.78. The number of carbonyl (C=O) groups is 2. The highest BCUT2D eigenvalue weighted by atomic mass is 16.4. The summed E-state index contributed by atoms with van der Waals surface area (Å²) >= 11 is 0. The summed E-state index contributed by atoms with van der Waals surface area (Å²) in [6.45, 7) is 0.646. The van der Waals surface area contributed by atoms with Crippen molar-refractivity contribution in [2.75, 3.05) is 6.54 Å². The third kappa shape index (κ3) is 4.09. The first-order valence-corrected chi connectivity index (χ1v) is 7.87. The number of hydrogen-bond donors (Lipinski definition) is 2. The van der Waals surface area contributed by atoms with Gasteiger partial charge in [0.05, 0.1) is 11.8 Å². The van der Waals surface area contributed by atoms with E-state index < -0.39 is 11.9 Å². The lowest BCUT2D eigenvalue weighted by Crippen LogP contribution is -2.40. The van der Waals surface area contributed by atoms with Crippen molar-refractivity contribution in [1.82, 2.24) is 5.32 Å². The van der Waals surface area contributed by atoms with Crippen LogP contribution >= 0.6 is 0 Å². The van der Waals surface area contributed by atoms with Gasteiger partial charge in [-0.1, -0.05) is 24.5 Å². The summed E-state index contributed by atoms with van der Waals surface area (Å²) in [5, 5.41) is 12.1. The van der Waals surface area contributed by atoms with Crippen LogP contribution in [0.25, 0.3) is 0 Å². The van der Waals surface area contributed by atoms with Crippen LogP contribution in [0.5, 0.6) is 0 Å². The van der Waals surface area contributed by atoms with E-state index in [9.17, 15) is 14.7 Å². The molecule has 2 aliphatic rings. The largest absolute Gasteiger partial charge is 0.481 e. The van der Waals surface area contributed by atoms with Crippen LogP contribution in [-0.4, -0.2) is 23.5 Å². The average molecular weight is 279 g/mol. The molecule has 1 amide bonds. The van der Waals surface area contributed by atoms with Gasteiger partial charge in [-0.3, -0.25) is 9.59 Å². The molecule has 2 aliphatic carbocycles. The molecular weight excluding hydrogens is 254 g/mol. The zero-order valence-electron chi connectivity index (χ0n) is 12.1. The summed E-state index contributed by atoms with van der Waals surface area (Å²) in [5.74, 6) is -1.70. The van der Waals surface area contributed by atoms with Crippen molar-refractivity contribution in [2.24, 2.45) is 11.8 Å². The van der Waals surface area contributed by atoms with Crippen LogP contribution in [0.1, 0.15) is 57.8 Å². The second kappa shape index (κ2) is 7.46. The van der Waals surface area contributed by atoms with E-state index >= 15 is 0 Å². The first-order valence-electron chi connectivity index (χ1n) is 7.87. The molecule has 4 nitrogen and oxygen atoms in total. The highest BCUT2D eigenvalue weighted by Gasteiger charge is 2.35. The Morgan fingerprint density at radius 2 is 1.90 bits per heavy atom. The second-order valence-corrected chi connectivity index (χ2v) is 5.98. The summed E-state index contributed by atoms with van der Waals surface area (Å²) in [7, 11) is 0. The normalized spacial score (nSPS) is 26.7. The zero-order valence-corrected chi connectivity index (χ0v) is 12.1. The van der Waals surface area contributed by atoms with Crippen LogP contribution in [0.2, 0.25) is 0 Å². The lowest BCUT2D eigenvalue weighted by molar-refractivity contribution is -0.148. The fourth-order valence-electron chi connectivity index (χ4n) is 3.35. The van der Waals surface area contributed by atoms with E-state index in [-0.39, 0.29) is 11.8 Å². The van der Waals surface area contributed by atoms with E-state index in [0.29, 0.717) is 19.4 Å². The molecule has 2 atom stereocenters. The molecule has 1 saturated carbocycles. The van der Waals surface area contributed by atoms with Gasteiger partial charge in [-0.2, -0.15) is 0 Å². The highest BCUT2D eigenvalue weighted by molar-refractivity contribution is 5.84. The number of allylic oxidation sites excluding steroid dienone is 1. The summed E-state index contributed by atoms with van der Waals surface area (Å²) in [4.78, 5) is 23.4. The predicted molar refractivity (Wildman–Crippen MR) is 77.3 cm³/mol. The van der Waals surface area contributed by atoms with Gasteiger partial charge in [0.2, 0.25) is 5.91 Å². The first-order chi connectivity index (χ1) is 9.68. The van der Waals surface area contributed by atoms with Gasteiger partial charge >= 0.3 is 5.97 Å². The van der Waals surface area contributed by atoms with Crippen LogP contribution in [-0.2, 0) is 9.59 Å². The number of amides is 1. The van der Waals surface area contributed by atoms with Crippen molar-refractivity contribution < 1.29 is 14.7 Å². The van der Waals surface area contributed by atoms with Crippen molar-refractivity contribution >= 4 is 11.9 Å². The lowest BCUT2D eigenvalue weighted by Gasteiger charge is -2.27. The van der Waals surface area contributed by atoms with Gasteiger partial charge in [0.15, 0.2) is 0 Å². The Labute approximate surface area is 120 Å². The number of hydrogen-bond acceptors (Lipinski definition) is 2. The predicted octanol–water partition coefficient (Wildman–Crippen LogP) is 2.88. The molecule has 4 heteroatoms. The topological polar surface area (TPSA) is 66.4 Å². The Bertz CT molecular complexity index is 389. The number of carboxylic acid groups (broad SMARTS) is 1. The Balaban J connectivity index is 1.78. The fourth-order valence-corrected chi connectivity index (χ4v) is 3.35. The molecule has 0 aromatic carbocycles. The quantitative estimate of drug-likeness (QED) is 0.760. The van der Waals surface area contributed by atoms with Gasteiger partial charge in [0, 0.05) is 6.54 Å². The third-order valence-corrected chi connectivity index (χ3v) is 4.55. The van der Waals surface area contributed by atoms with Gasteiger partial charge in [-0.15, -0.1) is 0 Å². The molecule has 2 N–H and O–H groups in total. The molecule has 0 unspecified atom stereocenters. The molecule has 0 saturated heterocycles. The molecular formula is C16H25NO3. The Hall–Kier alpha value is -1.32. The van der Waals surface area contributed by atoms with Crippen molar-refractivity contribution in [3.63, 3.8) is 0 Å². The summed E-state index contributed by atoms with van der Waals surface area (Å²) in [6, 6.07) is 0. The molecule has 0 aromatic heterocycles. The van der Waals surface area contributed by atoms with Crippen LogP contribution in [0.3, 0.4) is 0 Å². The summed E-state index contributed by atoms with van der Waals surface area (Å²) in [5.41, 5.74) is 1.44. The van der Waals surface area contributed by atoms with E-state index in [1.54, 1.807) is 0 Å². The smallest absolute Gasteiger partial charge is 0.307 e. The average Bonchev–Trinajstić information content (AvgIpc) is 2.48. The van der Waals surface area contributed by atoms with Gasteiger partial charge in [0.25, 0.3) is 0 Å². The first kappa shape index (κ1) is 15.1. The maximum Gasteiger partial charge on any atom is 0.307 e. The molecule has 0 heterocycles. The monoisotopic (exact) mass is 279 g/mol. The zero-order chi connectivity index (χ0) is 14.4. The maximum atomic E-state index is 12.2. The van der Waals surface area contributed by atoms with E-state index in [1.165, 1.54) is 18.4 Å². The highest BCUT2D eigenvalue weighted by Crippen LogP contribution is 2.30. The number of carboxylic acids is 1. The van der Waals surface area contributed by atoms with E-state index in [4.69, 9.17) is 0 Å². The van der Waals surface area contributed by atoms with Crippen LogP contribution in [0, 0.1) is 11.8 Å². The Morgan fingerprint density at radius 1 is 1.15 bits per heavy atom. The van der Waals surface area contributed by atoms with E-state index in [2.05, 4.69) is 11.4 Å². The van der Waals surface area contributed by atoms with Crippen molar-refractivity contribution in [2.45, 2.75) is 57.8 Å². The van der Waals surface area contributed by atoms with Crippen molar-refractivity contribution in [3.05, 3.63) is 11.6 Å². The molecule has 0 aliphatic heterocycles. The molecule has 0 aromatic rings. The van der Waals surface area contributed by atoms with Crippen LogP contribution in [0.4, 0.5) is 0 Å². The van der Waals surface area contributed by atoms with E-state index in [0.717, 1.165) is 32.1 Å². The molecule has 20 heavy (non-hydrogen) atoms. The molecule has 0 spiro atoms. The van der Waals surface area contributed by atoms with Crippen LogP contribution < -0.4 is 5.32 Å². The number of nitrogens with one attached hydrogen (secondary N) is 1. The minimum atomic E-state index is -0.820.